The van der Waals surface area contributed by atoms with Gasteiger partial charge in [-0.3, -0.25) is 9.89 Å². The molecule has 0 bridgehead atoms. The van der Waals surface area contributed by atoms with Crippen LogP contribution in [-0.2, 0) is 16.8 Å². The van der Waals surface area contributed by atoms with E-state index >= 15 is 0 Å². The fourth-order valence-corrected chi connectivity index (χ4v) is 4.49. The molecule has 0 spiro atoms. The first-order chi connectivity index (χ1) is 16.2. The molecule has 8 nitrogen and oxygen atoms in total. The summed E-state index contributed by atoms with van der Waals surface area (Å²) in [6, 6.07) is 5.72. The van der Waals surface area contributed by atoms with Crippen molar-refractivity contribution in [3.05, 3.63) is 61.0 Å². The smallest absolute Gasteiger partial charge is 0.475 e. The monoisotopic (exact) mass is 591 g/mol. The normalized spacial score (nSPS) is 11.9. The van der Waals surface area contributed by atoms with E-state index in [1.165, 1.54) is 11.3 Å². The molecule has 0 aliphatic heterocycles. The lowest BCUT2D eigenvalue weighted by Gasteiger charge is -2.23. The molecule has 0 radical (unpaired) electrons. The third-order valence-corrected chi connectivity index (χ3v) is 6.62. The number of carboxylic acids is 1. The maximum absolute atomic E-state index is 12.4. The van der Waals surface area contributed by atoms with Crippen LogP contribution < -0.4 is 5.56 Å². The first kappa shape index (κ1) is 26.8. The van der Waals surface area contributed by atoms with Crippen molar-refractivity contribution in [3.63, 3.8) is 0 Å². The predicted molar refractivity (Wildman–Crippen MR) is 130 cm³/mol. The Labute approximate surface area is 213 Å². The van der Waals surface area contributed by atoms with Crippen LogP contribution in [0.1, 0.15) is 31.3 Å². The lowest BCUT2D eigenvalue weighted by molar-refractivity contribution is -0.192. The number of aliphatic carboxylic acids is 1. The quantitative estimate of drug-likeness (QED) is 0.318. The van der Waals surface area contributed by atoms with E-state index in [9.17, 15) is 18.0 Å². The van der Waals surface area contributed by atoms with Crippen molar-refractivity contribution >= 4 is 55.7 Å². The van der Waals surface area contributed by atoms with Crippen LogP contribution in [0.4, 0.5) is 13.2 Å². The molecule has 35 heavy (non-hydrogen) atoms. The summed E-state index contributed by atoms with van der Waals surface area (Å²) >= 11 is 11.4. The van der Waals surface area contributed by atoms with Gasteiger partial charge in [0.15, 0.2) is 0 Å². The fourth-order valence-electron chi connectivity index (χ4n) is 2.93. The van der Waals surface area contributed by atoms with Gasteiger partial charge in [0.25, 0.3) is 5.56 Å². The molecular formula is C21H18BrClF3N5O3S. The summed E-state index contributed by atoms with van der Waals surface area (Å²) in [5, 5.41) is 25.9. The second kappa shape index (κ2) is 10.1. The van der Waals surface area contributed by atoms with Crippen LogP contribution in [0.15, 0.2) is 39.9 Å². The molecule has 0 saturated heterocycles. The van der Waals surface area contributed by atoms with Crippen LogP contribution >= 0.6 is 38.9 Å². The number of fused-ring (bicyclic) bond motifs is 1. The number of carbonyl (C=O) groups is 1. The number of alkyl halides is 3. The zero-order chi connectivity index (χ0) is 26.1. The number of nitrogens with zero attached hydrogens (tertiary/aromatic N) is 4. The average molecular weight is 593 g/mol. The number of aromatic amines is 1. The Morgan fingerprint density at radius 2 is 1.91 bits per heavy atom. The van der Waals surface area contributed by atoms with E-state index in [4.69, 9.17) is 21.5 Å². The van der Waals surface area contributed by atoms with Gasteiger partial charge in [-0.1, -0.05) is 29.0 Å². The highest BCUT2D eigenvalue weighted by Crippen LogP contribution is 2.31. The summed E-state index contributed by atoms with van der Waals surface area (Å²) in [4.78, 5) is 21.3. The molecule has 0 aliphatic carbocycles. The maximum Gasteiger partial charge on any atom is 0.490 e. The molecule has 4 rings (SSSR count). The summed E-state index contributed by atoms with van der Waals surface area (Å²) < 4.78 is 33.9. The molecule has 3 heterocycles. The number of hydrogen-bond acceptors (Lipinski definition) is 6. The summed E-state index contributed by atoms with van der Waals surface area (Å²) in [7, 11) is 0. The second-order valence-electron chi connectivity index (χ2n) is 8.27. The number of nitrogens with one attached hydrogen (secondary N) is 1. The maximum atomic E-state index is 12.4. The molecule has 0 saturated carbocycles. The summed E-state index contributed by atoms with van der Waals surface area (Å²) in [5.74, 6) is -2.76. The Morgan fingerprint density at radius 1 is 1.26 bits per heavy atom. The third kappa shape index (κ3) is 6.27. The zero-order valence-corrected chi connectivity index (χ0v) is 21.6. The first-order valence-electron chi connectivity index (χ1n) is 9.84. The van der Waals surface area contributed by atoms with Gasteiger partial charge in [0.1, 0.15) is 10.0 Å². The highest BCUT2D eigenvalue weighted by molar-refractivity contribution is 9.10. The minimum atomic E-state index is -5.08. The summed E-state index contributed by atoms with van der Waals surface area (Å²) in [6.07, 6.45) is -0.945. The predicted octanol–water partition coefficient (Wildman–Crippen LogP) is 5.64. The number of carboxylic acid groups (broad SMARTS) is 1. The summed E-state index contributed by atoms with van der Waals surface area (Å²) in [5.41, 5.74) is 2.32. The number of benzene rings is 1. The van der Waals surface area contributed by atoms with Crippen LogP contribution in [0.3, 0.4) is 0 Å². The summed E-state index contributed by atoms with van der Waals surface area (Å²) in [6.45, 7) is 5.97. The van der Waals surface area contributed by atoms with Crippen molar-refractivity contribution < 1.29 is 23.1 Å². The van der Waals surface area contributed by atoms with E-state index in [-0.39, 0.29) is 11.1 Å². The van der Waals surface area contributed by atoms with E-state index in [2.05, 4.69) is 36.3 Å². The standard InChI is InChI=1S/C19H17BrClN5OS.C2HF3O2/c1-19(2,3)26-9-11(6-13(20)18(26)27)17-25-24-15(28-17)7-10-4-5-14-12(16(10)21)8-22-23-14;3-2(4,5)1(6)7/h4-6,8-9H,7H2,1-3H3,(H,22,23);(H,6,7). The average Bonchev–Trinajstić information content (AvgIpc) is 3.41. The van der Waals surface area contributed by atoms with E-state index < -0.39 is 12.1 Å². The van der Waals surface area contributed by atoms with Crippen molar-refractivity contribution in [2.45, 2.75) is 38.9 Å². The number of hydrogen-bond donors (Lipinski definition) is 2. The van der Waals surface area contributed by atoms with Crippen molar-refractivity contribution in [1.29, 1.82) is 0 Å². The molecule has 186 valence electrons. The zero-order valence-electron chi connectivity index (χ0n) is 18.4. The number of rotatable bonds is 3. The van der Waals surface area contributed by atoms with E-state index in [0.717, 1.165) is 32.0 Å². The van der Waals surface area contributed by atoms with Gasteiger partial charge in [-0.05, 0) is 54.4 Å². The van der Waals surface area contributed by atoms with E-state index in [1.807, 2.05) is 39.1 Å². The first-order valence-corrected chi connectivity index (χ1v) is 11.8. The van der Waals surface area contributed by atoms with Crippen LogP contribution in [-0.4, -0.2) is 42.2 Å². The number of pyridine rings is 1. The van der Waals surface area contributed by atoms with E-state index in [1.54, 1.807) is 16.8 Å². The highest BCUT2D eigenvalue weighted by Gasteiger charge is 2.38. The lowest BCUT2D eigenvalue weighted by atomic mass is 10.1. The molecule has 2 N–H and O–H groups in total. The third-order valence-electron chi connectivity index (χ3n) is 4.63. The lowest BCUT2D eigenvalue weighted by Crippen LogP contribution is -2.33. The molecule has 3 aromatic heterocycles. The van der Waals surface area contributed by atoms with Gasteiger partial charge in [-0.2, -0.15) is 18.3 Å². The largest absolute Gasteiger partial charge is 0.490 e. The Morgan fingerprint density at radius 3 is 2.51 bits per heavy atom. The molecule has 0 atom stereocenters. The molecule has 4 aromatic rings. The number of aromatic nitrogens is 5. The Bertz CT molecular complexity index is 1440. The molecule has 14 heteroatoms. The fraction of sp³-hybridized carbons (Fsp3) is 0.286. The molecular weight excluding hydrogens is 575 g/mol. The van der Waals surface area contributed by atoms with Gasteiger partial charge < -0.3 is 9.67 Å². The minimum Gasteiger partial charge on any atom is -0.475 e. The second-order valence-corrected chi connectivity index (χ2v) is 10.6. The van der Waals surface area contributed by atoms with Crippen LogP contribution in [0, 0.1) is 0 Å². The van der Waals surface area contributed by atoms with Crippen molar-refractivity contribution in [2.75, 3.05) is 0 Å². The van der Waals surface area contributed by atoms with Crippen molar-refractivity contribution in [2.24, 2.45) is 0 Å². The number of halogens is 5. The van der Waals surface area contributed by atoms with Crippen molar-refractivity contribution in [3.8, 4) is 10.6 Å². The van der Waals surface area contributed by atoms with Gasteiger partial charge in [0, 0.05) is 29.1 Å². The minimum absolute atomic E-state index is 0.0683. The number of H-pyrrole nitrogens is 1. The Balaban J connectivity index is 0.000000429. The molecule has 0 unspecified atom stereocenters. The van der Waals surface area contributed by atoms with Crippen LogP contribution in [0.25, 0.3) is 21.5 Å². The Kier molecular flexibility index (Phi) is 7.72. The van der Waals surface area contributed by atoms with Gasteiger partial charge >= 0.3 is 12.1 Å². The Hall–Kier alpha value is -2.77. The van der Waals surface area contributed by atoms with Gasteiger partial charge in [0.05, 0.1) is 21.2 Å². The van der Waals surface area contributed by atoms with Gasteiger partial charge in [0.2, 0.25) is 0 Å². The van der Waals surface area contributed by atoms with Gasteiger partial charge in [-0.15, -0.1) is 10.2 Å². The van der Waals surface area contributed by atoms with Crippen LogP contribution in [0.2, 0.25) is 5.02 Å². The topological polar surface area (TPSA) is 114 Å². The SMILES string of the molecule is CC(C)(C)n1cc(-c2nnc(Cc3ccc4[nH]ncc4c3Cl)s2)cc(Br)c1=O.O=C(O)C(F)(F)F. The molecule has 0 fully saturated rings. The highest BCUT2D eigenvalue weighted by atomic mass is 79.9. The van der Waals surface area contributed by atoms with Crippen LogP contribution in [0.5, 0.6) is 0 Å². The molecule has 0 amide bonds. The van der Waals surface area contributed by atoms with Crippen molar-refractivity contribution in [1.82, 2.24) is 25.0 Å². The molecule has 0 aliphatic rings. The molecule has 1 aromatic carbocycles. The van der Waals surface area contributed by atoms with E-state index in [0.29, 0.717) is 15.9 Å². The van der Waals surface area contributed by atoms with Gasteiger partial charge in [-0.25, -0.2) is 4.79 Å².